The van der Waals surface area contributed by atoms with Crippen LogP contribution in [0.2, 0.25) is 0 Å². The molecule has 1 atom stereocenters. The number of likely N-dealkylation sites (N-methyl/N-ethyl adjacent to an activating group) is 1. The molecular weight excluding hydrogens is 323 g/mol. The van der Waals surface area contributed by atoms with Gasteiger partial charge in [-0.05, 0) is 56.1 Å². The number of halogens is 1. The van der Waals surface area contributed by atoms with E-state index in [1.54, 1.807) is 30.3 Å². The van der Waals surface area contributed by atoms with Gasteiger partial charge in [-0.3, -0.25) is 4.79 Å². The topological polar surface area (TPSA) is 87.5 Å². The Morgan fingerprint density at radius 3 is 2.40 bits per heavy atom. The van der Waals surface area contributed by atoms with Gasteiger partial charge in [0.25, 0.3) is 5.91 Å². The summed E-state index contributed by atoms with van der Waals surface area (Å²) in [5.41, 5.74) is 6.78. The molecule has 0 aliphatic carbocycles. The summed E-state index contributed by atoms with van der Waals surface area (Å²) < 4.78 is 13.4. The lowest BCUT2D eigenvalue weighted by Gasteiger charge is -2.25. The number of hydrogen-bond acceptors (Lipinski definition) is 3. The second-order valence-electron chi connectivity index (χ2n) is 5.81. The third-order valence-electron chi connectivity index (χ3n) is 3.73. The molecule has 0 fully saturated rings. The van der Waals surface area contributed by atoms with Crippen LogP contribution in [0.3, 0.4) is 0 Å². The fourth-order valence-electron chi connectivity index (χ4n) is 2.45. The van der Waals surface area contributed by atoms with Crippen LogP contribution in [-0.4, -0.2) is 37.5 Å². The molecule has 7 heteroatoms. The van der Waals surface area contributed by atoms with Crippen molar-refractivity contribution < 1.29 is 14.0 Å². The molecule has 0 spiro atoms. The number of rotatable bonds is 6. The van der Waals surface area contributed by atoms with Crippen molar-refractivity contribution in [2.75, 3.05) is 26.0 Å². The minimum Gasteiger partial charge on any atom is -0.351 e. The Balaban J connectivity index is 2.02. The predicted octanol–water partition coefficient (Wildman–Crippen LogP) is 2.35. The second kappa shape index (κ2) is 8.25. The Labute approximate surface area is 145 Å². The van der Waals surface area contributed by atoms with Crippen LogP contribution in [0.5, 0.6) is 0 Å². The van der Waals surface area contributed by atoms with E-state index in [2.05, 4.69) is 10.6 Å². The Morgan fingerprint density at radius 2 is 1.84 bits per heavy atom. The van der Waals surface area contributed by atoms with E-state index in [0.29, 0.717) is 17.8 Å². The maximum absolute atomic E-state index is 13.4. The van der Waals surface area contributed by atoms with Crippen molar-refractivity contribution >= 4 is 17.6 Å². The van der Waals surface area contributed by atoms with Gasteiger partial charge in [0.05, 0.1) is 6.04 Å². The number of amides is 3. The summed E-state index contributed by atoms with van der Waals surface area (Å²) in [6, 6.07) is 11.9. The molecule has 0 saturated heterocycles. The molecule has 0 saturated carbocycles. The highest BCUT2D eigenvalue weighted by Crippen LogP contribution is 2.18. The molecule has 2 aromatic rings. The molecule has 0 aliphatic rings. The van der Waals surface area contributed by atoms with E-state index < -0.39 is 6.03 Å². The molecule has 2 aromatic carbocycles. The zero-order chi connectivity index (χ0) is 18.4. The number of nitrogens with two attached hydrogens (primary N) is 1. The predicted molar refractivity (Wildman–Crippen MR) is 94.8 cm³/mol. The highest BCUT2D eigenvalue weighted by Gasteiger charge is 2.16. The molecule has 4 N–H and O–H groups in total. The van der Waals surface area contributed by atoms with Crippen molar-refractivity contribution in [2.24, 2.45) is 5.73 Å². The van der Waals surface area contributed by atoms with Crippen molar-refractivity contribution in [3.63, 3.8) is 0 Å². The largest absolute Gasteiger partial charge is 0.351 e. The number of primary amides is 1. The minimum atomic E-state index is -0.666. The fourth-order valence-corrected chi connectivity index (χ4v) is 2.45. The maximum Gasteiger partial charge on any atom is 0.316 e. The molecule has 132 valence electrons. The zero-order valence-electron chi connectivity index (χ0n) is 14.1. The van der Waals surface area contributed by atoms with Gasteiger partial charge in [-0.1, -0.05) is 12.1 Å². The summed E-state index contributed by atoms with van der Waals surface area (Å²) in [5.74, 6) is -0.568. The molecule has 25 heavy (non-hydrogen) atoms. The Bertz CT molecular complexity index is 747. The van der Waals surface area contributed by atoms with Crippen LogP contribution in [0.15, 0.2) is 48.5 Å². The van der Waals surface area contributed by atoms with Crippen molar-refractivity contribution in [1.29, 1.82) is 0 Å². The number of carbonyl (C=O) groups excluding carboxylic acids is 2. The number of benzene rings is 2. The van der Waals surface area contributed by atoms with Gasteiger partial charge in [0.2, 0.25) is 0 Å². The van der Waals surface area contributed by atoms with Gasteiger partial charge >= 0.3 is 6.03 Å². The van der Waals surface area contributed by atoms with Crippen LogP contribution in [0, 0.1) is 5.82 Å². The van der Waals surface area contributed by atoms with Gasteiger partial charge in [0.1, 0.15) is 5.82 Å². The molecule has 0 radical (unpaired) electrons. The summed E-state index contributed by atoms with van der Waals surface area (Å²) in [6.07, 6.45) is 0. The van der Waals surface area contributed by atoms with Crippen molar-refractivity contribution in [3.8, 4) is 0 Å². The lowest BCUT2D eigenvalue weighted by molar-refractivity contribution is 0.0942. The number of nitrogens with zero attached hydrogens (tertiary/aromatic N) is 1. The van der Waals surface area contributed by atoms with Crippen molar-refractivity contribution in [2.45, 2.75) is 6.04 Å². The first-order valence-corrected chi connectivity index (χ1v) is 7.73. The molecule has 3 amide bonds. The van der Waals surface area contributed by atoms with Gasteiger partial charge in [-0.2, -0.15) is 0 Å². The first kappa shape index (κ1) is 18.4. The summed E-state index contributed by atoms with van der Waals surface area (Å²) in [6.45, 7) is 0.330. The lowest BCUT2D eigenvalue weighted by Crippen LogP contribution is -2.34. The smallest absolute Gasteiger partial charge is 0.316 e. The number of hydrogen-bond donors (Lipinski definition) is 3. The Morgan fingerprint density at radius 1 is 1.16 bits per heavy atom. The van der Waals surface area contributed by atoms with E-state index in [1.807, 2.05) is 25.1 Å². The molecule has 1 unspecified atom stereocenters. The summed E-state index contributed by atoms with van der Waals surface area (Å²) >= 11 is 0. The standard InChI is InChI=1S/C18H21FN4O2/c1-23(2)16(13-4-3-5-14(19)10-13)11-21-17(24)12-6-8-15(9-7-12)22-18(20)25/h3-10,16H,11H2,1-2H3,(H,21,24)(H3,20,22,25). The second-order valence-corrected chi connectivity index (χ2v) is 5.81. The highest BCUT2D eigenvalue weighted by molar-refractivity contribution is 5.95. The highest BCUT2D eigenvalue weighted by atomic mass is 19.1. The first-order valence-electron chi connectivity index (χ1n) is 7.73. The average molecular weight is 344 g/mol. The third kappa shape index (κ3) is 5.29. The SMILES string of the molecule is CN(C)C(CNC(=O)c1ccc(NC(N)=O)cc1)c1cccc(F)c1. The van der Waals surface area contributed by atoms with Crippen LogP contribution >= 0.6 is 0 Å². The van der Waals surface area contributed by atoms with Gasteiger partial charge in [0, 0.05) is 17.8 Å². The van der Waals surface area contributed by atoms with E-state index in [1.165, 1.54) is 12.1 Å². The molecule has 0 heterocycles. The molecule has 0 aromatic heterocycles. The molecular formula is C18H21FN4O2. The van der Waals surface area contributed by atoms with E-state index in [4.69, 9.17) is 5.73 Å². The van der Waals surface area contributed by atoms with E-state index in [-0.39, 0.29) is 17.8 Å². The quantitative estimate of drug-likeness (QED) is 0.752. The lowest BCUT2D eigenvalue weighted by atomic mass is 10.1. The van der Waals surface area contributed by atoms with E-state index in [0.717, 1.165) is 5.56 Å². The van der Waals surface area contributed by atoms with Crippen LogP contribution in [-0.2, 0) is 0 Å². The first-order chi connectivity index (χ1) is 11.9. The number of anilines is 1. The minimum absolute atomic E-state index is 0.157. The van der Waals surface area contributed by atoms with Crippen molar-refractivity contribution in [3.05, 3.63) is 65.5 Å². The van der Waals surface area contributed by atoms with Crippen LogP contribution in [0.1, 0.15) is 22.0 Å². The van der Waals surface area contributed by atoms with Gasteiger partial charge in [-0.25, -0.2) is 9.18 Å². The number of carbonyl (C=O) groups is 2. The summed E-state index contributed by atoms with van der Waals surface area (Å²) in [7, 11) is 3.73. The monoisotopic (exact) mass is 344 g/mol. The van der Waals surface area contributed by atoms with Crippen LogP contribution in [0.4, 0.5) is 14.9 Å². The molecule has 0 aliphatic heterocycles. The van der Waals surface area contributed by atoms with Gasteiger partial charge < -0.3 is 21.3 Å². The molecule has 6 nitrogen and oxygen atoms in total. The average Bonchev–Trinajstić information content (AvgIpc) is 2.54. The molecule has 0 bridgehead atoms. The van der Waals surface area contributed by atoms with Crippen LogP contribution in [0.25, 0.3) is 0 Å². The summed E-state index contributed by atoms with van der Waals surface area (Å²) in [4.78, 5) is 25.0. The van der Waals surface area contributed by atoms with E-state index in [9.17, 15) is 14.0 Å². The molecule has 2 rings (SSSR count). The third-order valence-corrected chi connectivity index (χ3v) is 3.73. The number of urea groups is 1. The van der Waals surface area contributed by atoms with Crippen LogP contribution < -0.4 is 16.4 Å². The van der Waals surface area contributed by atoms with Crippen molar-refractivity contribution in [1.82, 2.24) is 10.2 Å². The van der Waals surface area contributed by atoms with Gasteiger partial charge in [0.15, 0.2) is 0 Å². The normalized spacial score (nSPS) is 11.8. The summed E-state index contributed by atoms with van der Waals surface area (Å²) in [5, 5.41) is 5.27. The Hall–Kier alpha value is -2.93. The zero-order valence-corrected chi connectivity index (χ0v) is 14.1. The fraction of sp³-hybridized carbons (Fsp3) is 0.222. The number of nitrogens with one attached hydrogen (secondary N) is 2. The van der Waals surface area contributed by atoms with Gasteiger partial charge in [-0.15, -0.1) is 0 Å². The van der Waals surface area contributed by atoms with E-state index >= 15 is 0 Å². The maximum atomic E-state index is 13.4. The Kier molecular flexibility index (Phi) is 6.08.